The van der Waals surface area contributed by atoms with Crippen molar-refractivity contribution in [2.24, 2.45) is 0 Å². The second-order valence-corrected chi connectivity index (χ2v) is 5.23. The SMILES string of the molecule is O=c1ncc2[nH]c(-c3ccc4c(c3)CCCC4)nc2[nH]1. The van der Waals surface area contributed by atoms with Gasteiger partial charge in [0.25, 0.3) is 0 Å². The molecule has 0 bridgehead atoms. The van der Waals surface area contributed by atoms with E-state index in [0.29, 0.717) is 5.65 Å². The lowest BCUT2D eigenvalue weighted by atomic mass is 9.90. The monoisotopic (exact) mass is 266 g/mol. The van der Waals surface area contributed by atoms with E-state index in [9.17, 15) is 4.79 Å². The summed E-state index contributed by atoms with van der Waals surface area (Å²) in [6.07, 6.45) is 6.37. The number of nitrogens with one attached hydrogen (secondary N) is 2. The topological polar surface area (TPSA) is 74.4 Å². The molecule has 0 saturated carbocycles. The predicted octanol–water partition coefficient (Wildman–Crippen LogP) is 2.19. The molecule has 2 aromatic heterocycles. The third kappa shape index (κ3) is 1.82. The summed E-state index contributed by atoms with van der Waals surface area (Å²) in [5.41, 5.74) is 4.85. The second kappa shape index (κ2) is 4.30. The van der Waals surface area contributed by atoms with E-state index >= 15 is 0 Å². The van der Waals surface area contributed by atoms with Gasteiger partial charge < -0.3 is 4.98 Å². The molecule has 1 aliphatic carbocycles. The molecule has 2 heterocycles. The van der Waals surface area contributed by atoms with Crippen LogP contribution in [0.5, 0.6) is 0 Å². The molecule has 5 heteroatoms. The summed E-state index contributed by atoms with van der Waals surface area (Å²) in [6.45, 7) is 0. The third-order valence-electron chi connectivity index (χ3n) is 3.89. The van der Waals surface area contributed by atoms with Crippen molar-refractivity contribution in [3.63, 3.8) is 0 Å². The standard InChI is InChI=1S/C15H14N4O/c20-15-16-8-12-14(19-15)18-13(17-12)11-6-5-9-3-1-2-4-10(9)7-11/h5-8H,1-4H2,(H2,16,17,18,19,20). The molecular weight excluding hydrogens is 252 g/mol. The fourth-order valence-electron chi connectivity index (χ4n) is 2.85. The van der Waals surface area contributed by atoms with E-state index in [1.807, 2.05) is 0 Å². The Balaban J connectivity index is 1.84. The molecule has 0 radical (unpaired) electrons. The van der Waals surface area contributed by atoms with Gasteiger partial charge in [-0.1, -0.05) is 12.1 Å². The van der Waals surface area contributed by atoms with Crippen molar-refractivity contribution < 1.29 is 0 Å². The van der Waals surface area contributed by atoms with Crippen molar-refractivity contribution in [1.82, 2.24) is 19.9 Å². The maximum atomic E-state index is 11.2. The number of nitrogens with zero attached hydrogens (tertiary/aromatic N) is 2. The van der Waals surface area contributed by atoms with Crippen molar-refractivity contribution >= 4 is 11.2 Å². The number of aromatic amines is 2. The summed E-state index contributed by atoms with van der Waals surface area (Å²) < 4.78 is 0. The van der Waals surface area contributed by atoms with Crippen molar-refractivity contribution in [3.8, 4) is 11.4 Å². The normalized spacial score (nSPS) is 14.4. The largest absolute Gasteiger partial charge is 0.346 e. The first kappa shape index (κ1) is 11.4. The van der Waals surface area contributed by atoms with Crippen LogP contribution in [0, 0.1) is 0 Å². The molecule has 0 aliphatic heterocycles. The van der Waals surface area contributed by atoms with Gasteiger partial charge in [0.1, 0.15) is 11.3 Å². The van der Waals surface area contributed by atoms with E-state index < -0.39 is 0 Å². The van der Waals surface area contributed by atoms with Gasteiger partial charge in [-0.05, 0) is 42.9 Å². The van der Waals surface area contributed by atoms with Gasteiger partial charge >= 0.3 is 5.69 Å². The number of hydrogen-bond acceptors (Lipinski definition) is 3. The molecule has 4 rings (SSSR count). The highest BCUT2D eigenvalue weighted by atomic mass is 16.1. The van der Waals surface area contributed by atoms with Crippen molar-refractivity contribution in [1.29, 1.82) is 0 Å². The van der Waals surface area contributed by atoms with Crippen LogP contribution < -0.4 is 5.69 Å². The molecule has 0 unspecified atom stereocenters. The highest BCUT2D eigenvalue weighted by Crippen LogP contribution is 2.26. The van der Waals surface area contributed by atoms with Gasteiger partial charge in [0.05, 0.1) is 6.20 Å². The Morgan fingerprint density at radius 2 is 1.90 bits per heavy atom. The van der Waals surface area contributed by atoms with Gasteiger partial charge in [0, 0.05) is 5.56 Å². The smallest absolute Gasteiger partial charge is 0.335 e. The summed E-state index contributed by atoms with van der Waals surface area (Å²) in [5.74, 6) is 0.775. The van der Waals surface area contributed by atoms with Crippen LogP contribution in [0.15, 0.2) is 29.2 Å². The number of imidazole rings is 1. The first-order chi connectivity index (χ1) is 9.79. The first-order valence-corrected chi connectivity index (χ1v) is 6.87. The minimum absolute atomic E-state index is 0.374. The van der Waals surface area contributed by atoms with Crippen LogP contribution in [0.25, 0.3) is 22.6 Å². The molecule has 0 saturated heterocycles. The highest BCUT2D eigenvalue weighted by molar-refractivity contribution is 5.75. The number of rotatable bonds is 1. The van der Waals surface area contributed by atoms with Gasteiger partial charge in [-0.3, -0.25) is 4.98 Å². The Kier molecular flexibility index (Phi) is 2.45. The zero-order valence-corrected chi connectivity index (χ0v) is 10.9. The lowest BCUT2D eigenvalue weighted by Crippen LogP contribution is -2.08. The van der Waals surface area contributed by atoms with E-state index in [1.54, 1.807) is 0 Å². The Morgan fingerprint density at radius 3 is 2.80 bits per heavy atom. The molecule has 2 N–H and O–H groups in total. The zero-order valence-electron chi connectivity index (χ0n) is 10.9. The fourth-order valence-corrected chi connectivity index (χ4v) is 2.85. The number of aryl methyl sites for hydroxylation is 2. The average Bonchev–Trinajstić information content (AvgIpc) is 2.89. The summed E-state index contributed by atoms with van der Waals surface area (Å²) in [6, 6.07) is 6.49. The van der Waals surface area contributed by atoms with Crippen LogP contribution in [-0.4, -0.2) is 19.9 Å². The molecular formula is C15H14N4O. The van der Waals surface area contributed by atoms with Gasteiger partial charge in [-0.15, -0.1) is 0 Å². The number of aromatic nitrogens is 4. The summed E-state index contributed by atoms with van der Waals surface area (Å²) in [5, 5.41) is 0. The molecule has 20 heavy (non-hydrogen) atoms. The molecule has 0 fully saturated rings. The van der Waals surface area contributed by atoms with Gasteiger partial charge in [0.15, 0.2) is 5.65 Å². The average molecular weight is 266 g/mol. The third-order valence-corrected chi connectivity index (χ3v) is 3.89. The van der Waals surface area contributed by atoms with Crippen LogP contribution in [0.4, 0.5) is 0 Å². The lowest BCUT2D eigenvalue weighted by Gasteiger charge is -2.15. The molecule has 1 aromatic carbocycles. The molecule has 100 valence electrons. The lowest BCUT2D eigenvalue weighted by molar-refractivity contribution is 0.686. The van der Waals surface area contributed by atoms with Gasteiger partial charge in [-0.2, -0.15) is 4.98 Å². The quantitative estimate of drug-likeness (QED) is 0.709. The number of fused-ring (bicyclic) bond motifs is 2. The Morgan fingerprint density at radius 1 is 1.05 bits per heavy atom. The maximum absolute atomic E-state index is 11.2. The van der Waals surface area contributed by atoms with Crippen molar-refractivity contribution in [3.05, 3.63) is 46.0 Å². The molecule has 0 spiro atoms. The van der Waals surface area contributed by atoms with Gasteiger partial charge in [-0.25, -0.2) is 9.78 Å². The van der Waals surface area contributed by atoms with Crippen molar-refractivity contribution in [2.45, 2.75) is 25.7 Å². The first-order valence-electron chi connectivity index (χ1n) is 6.87. The van der Waals surface area contributed by atoms with Crippen LogP contribution in [-0.2, 0) is 12.8 Å². The highest BCUT2D eigenvalue weighted by Gasteiger charge is 2.12. The fraction of sp³-hybridized carbons (Fsp3) is 0.267. The molecule has 1 aliphatic rings. The maximum Gasteiger partial charge on any atom is 0.346 e. The Labute approximate surface area is 115 Å². The summed E-state index contributed by atoms with van der Waals surface area (Å²) in [7, 11) is 0. The van der Waals surface area contributed by atoms with Crippen LogP contribution >= 0.6 is 0 Å². The predicted molar refractivity (Wildman–Crippen MR) is 76.6 cm³/mol. The molecule has 0 amide bonds. The van der Waals surface area contributed by atoms with E-state index in [1.165, 1.54) is 36.6 Å². The van der Waals surface area contributed by atoms with Crippen molar-refractivity contribution in [2.75, 3.05) is 0 Å². The summed E-state index contributed by atoms with van der Waals surface area (Å²) >= 11 is 0. The minimum atomic E-state index is -0.374. The van der Waals surface area contributed by atoms with E-state index in [4.69, 9.17) is 0 Å². The molecule has 5 nitrogen and oxygen atoms in total. The van der Waals surface area contributed by atoms with E-state index in [2.05, 4.69) is 38.1 Å². The number of benzene rings is 1. The summed E-state index contributed by atoms with van der Waals surface area (Å²) in [4.78, 5) is 25.2. The Hall–Kier alpha value is -2.43. The van der Waals surface area contributed by atoms with Crippen LogP contribution in [0.1, 0.15) is 24.0 Å². The van der Waals surface area contributed by atoms with Crippen LogP contribution in [0.2, 0.25) is 0 Å². The van der Waals surface area contributed by atoms with Crippen LogP contribution in [0.3, 0.4) is 0 Å². The van der Waals surface area contributed by atoms with Gasteiger partial charge in [0.2, 0.25) is 0 Å². The van der Waals surface area contributed by atoms with E-state index in [-0.39, 0.29) is 5.69 Å². The number of H-pyrrole nitrogens is 2. The van der Waals surface area contributed by atoms with E-state index in [0.717, 1.165) is 23.3 Å². The second-order valence-electron chi connectivity index (χ2n) is 5.23. The number of hydrogen-bond donors (Lipinski definition) is 2. The molecule has 3 aromatic rings. The Bertz CT molecular complexity index is 846. The zero-order chi connectivity index (χ0) is 13.5. The molecule has 0 atom stereocenters. The minimum Gasteiger partial charge on any atom is -0.335 e.